The van der Waals surface area contributed by atoms with E-state index in [0.717, 1.165) is 77.0 Å². The van der Waals surface area contributed by atoms with Crippen molar-refractivity contribution in [2.45, 2.75) is 258 Å². The minimum atomic E-state index is -0.812. The van der Waals surface area contributed by atoms with Gasteiger partial charge in [-0.05, 0) is 96.3 Å². The minimum absolute atomic E-state index is 0.105. The molecule has 1 atom stereocenters. The molecule has 0 heterocycles. The molecule has 0 radical (unpaired) electrons. The van der Waals surface area contributed by atoms with Crippen molar-refractivity contribution >= 4 is 17.9 Å². The highest BCUT2D eigenvalue weighted by atomic mass is 16.6. The number of allylic oxidation sites excluding steroid dienone is 10. The van der Waals surface area contributed by atoms with E-state index in [4.69, 9.17) is 14.2 Å². The first-order valence-electron chi connectivity index (χ1n) is 25.8. The van der Waals surface area contributed by atoms with Crippen molar-refractivity contribution < 1.29 is 28.6 Å². The van der Waals surface area contributed by atoms with Crippen LogP contribution in [0.3, 0.4) is 0 Å². The van der Waals surface area contributed by atoms with E-state index in [9.17, 15) is 14.4 Å². The van der Waals surface area contributed by atoms with Gasteiger partial charge in [0.1, 0.15) is 13.2 Å². The molecular formula is C55H96O6. The van der Waals surface area contributed by atoms with Crippen LogP contribution in [0.5, 0.6) is 0 Å². The lowest BCUT2D eigenvalue weighted by Crippen LogP contribution is -2.30. The van der Waals surface area contributed by atoms with Crippen LogP contribution in [0.15, 0.2) is 60.8 Å². The van der Waals surface area contributed by atoms with Gasteiger partial charge < -0.3 is 14.2 Å². The third kappa shape index (κ3) is 48.0. The van der Waals surface area contributed by atoms with Crippen LogP contribution in [0.25, 0.3) is 0 Å². The van der Waals surface area contributed by atoms with Crippen LogP contribution >= 0.6 is 0 Å². The summed E-state index contributed by atoms with van der Waals surface area (Å²) in [5, 5.41) is 0. The van der Waals surface area contributed by atoms with Crippen LogP contribution in [-0.4, -0.2) is 37.2 Å². The standard InChI is InChI=1S/C55H96O6/c1-4-7-10-13-16-19-22-25-26-27-28-31-33-36-39-42-45-48-54(57)60-51-52(61-55(58)49-46-43-40-37-34-30-24-21-18-15-12-9-6-3)50-59-53(56)47-44-41-38-35-32-29-23-20-17-14-11-8-5-2/h16,19,25-26,29-30,32,34,40,43,52H,4-15,17-18,20-24,27-28,31,33,35-39,41-42,44-51H2,1-3H3/b19-16+,26-25+,32-29+,34-30+,43-40+. The van der Waals surface area contributed by atoms with E-state index in [-0.39, 0.29) is 37.5 Å². The van der Waals surface area contributed by atoms with E-state index in [0.29, 0.717) is 19.3 Å². The second-order valence-electron chi connectivity index (χ2n) is 17.1. The minimum Gasteiger partial charge on any atom is -0.462 e. The number of unbranched alkanes of at least 4 members (excludes halogenated alkanes) is 25. The second kappa shape index (κ2) is 49.8. The zero-order valence-corrected chi connectivity index (χ0v) is 40.2. The normalized spacial score (nSPS) is 12.5. The Bertz CT molecular complexity index is 1120. The van der Waals surface area contributed by atoms with Crippen molar-refractivity contribution in [2.24, 2.45) is 0 Å². The highest BCUT2D eigenvalue weighted by molar-refractivity contribution is 5.71. The Balaban J connectivity index is 4.45. The number of carbonyl (C=O) groups is 3. The summed E-state index contributed by atoms with van der Waals surface area (Å²) >= 11 is 0. The van der Waals surface area contributed by atoms with Gasteiger partial charge in [-0.25, -0.2) is 0 Å². The van der Waals surface area contributed by atoms with Crippen LogP contribution < -0.4 is 0 Å². The van der Waals surface area contributed by atoms with Crippen molar-refractivity contribution in [3.05, 3.63) is 60.8 Å². The molecule has 0 aliphatic rings. The Morgan fingerprint density at radius 1 is 0.328 bits per heavy atom. The first kappa shape index (κ1) is 58.1. The molecule has 0 aromatic rings. The average molecular weight is 853 g/mol. The quantitative estimate of drug-likeness (QED) is 0.0263. The summed E-state index contributed by atoms with van der Waals surface area (Å²) < 4.78 is 16.7. The molecule has 0 saturated heterocycles. The lowest BCUT2D eigenvalue weighted by atomic mass is 10.1. The molecule has 0 bridgehead atoms. The molecule has 0 aromatic heterocycles. The third-order valence-electron chi connectivity index (χ3n) is 11.0. The van der Waals surface area contributed by atoms with Crippen molar-refractivity contribution in [1.29, 1.82) is 0 Å². The number of carbonyl (C=O) groups excluding carboxylic acids is 3. The van der Waals surface area contributed by atoms with E-state index in [2.05, 4.69) is 75.5 Å². The molecule has 0 fully saturated rings. The van der Waals surface area contributed by atoms with E-state index < -0.39 is 6.10 Å². The van der Waals surface area contributed by atoms with Gasteiger partial charge in [-0.3, -0.25) is 14.4 Å². The Hall–Kier alpha value is -2.89. The van der Waals surface area contributed by atoms with Crippen molar-refractivity contribution in [3.63, 3.8) is 0 Å². The maximum atomic E-state index is 12.7. The van der Waals surface area contributed by atoms with E-state index in [1.165, 1.54) is 128 Å². The average Bonchev–Trinajstić information content (AvgIpc) is 3.26. The number of hydrogen-bond donors (Lipinski definition) is 0. The smallest absolute Gasteiger partial charge is 0.306 e. The van der Waals surface area contributed by atoms with E-state index in [1.54, 1.807) is 0 Å². The summed E-state index contributed by atoms with van der Waals surface area (Å²) in [4.78, 5) is 37.9. The molecule has 6 heteroatoms. The second-order valence-corrected chi connectivity index (χ2v) is 17.1. The molecule has 0 spiro atoms. The van der Waals surface area contributed by atoms with Crippen molar-refractivity contribution in [3.8, 4) is 0 Å². The van der Waals surface area contributed by atoms with Gasteiger partial charge in [0.05, 0.1) is 0 Å². The van der Waals surface area contributed by atoms with Gasteiger partial charge in [-0.2, -0.15) is 0 Å². The highest BCUT2D eigenvalue weighted by Gasteiger charge is 2.19. The molecule has 352 valence electrons. The summed E-state index contributed by atoms with van der Waals surface area (Å²) in [6, 6.07) is 0. The number of hydrogen-bond acceptors (Lipinski definition) is 6. The fourth-order valence-corrected chi connectivity index (χ4v) is 7.05. The van der Waals surface area contributed by atoms with E-state index >= 15 is 0 Å². The van der Waals surface area contributed by atoms with Gasteiger partial charge in [0.15, 0.2) is 6.10 Å². The molecule has 0 amide bonds. The summed E-state index contributed by atoms with van der Waals surface area (Å²) in [6.45, 7) is 6.53. The molecule has 61 heavy (non-hydrogen) atoms. The summed E-state index contributed by atoms with van der Waals surface area (Å²) in [5.74, 6) is -0.995. The maximum Gasteiger partial charge on any atom is 0.306 e. The topological polar surface area (TPSA) is 78.9 Å². The van der Waals surface area contributed by atoms with Crippen LogP contribution in [0, 0.1) is 0 Å². The molecule has 0 N–H and O–H groups in total. The Morgan fingerprint density at radius 3 is 1.03 bits per heavy atom. The molecule has 0 saturated carbocycles. The van der Waals surface area contributed by atoms with Gasteiger partial charge in [0, 0.05) is 19.3 Å². The Kier molecular flexibility index (Phi) is 47.4. The molecule has 0 aromatic carbocycles. The fourth-order valence-electron chi connectivity index (χ4n) is 7.05. The van der Waals surface area contributed by atoms with Crippen LogP contribution in [0.2, 0.25) is 0 Å². The highest BCUT2D eigenvalue weighted by Crippen LogP contribution is 2.13. The Morgan fingerprint density at radius 2 is 0.623 bits per heavy atom. The number of ether oxygens (including phenoxy) is 3. The zero-order chi connectivity index (χ0) is 44.4. The van der Waals surface area contributed by atoms with Gasteiger partial charge in [-0.15, -0.1) is 0 Å². The van der Waals surface area contributed by atoms with E-state index in [1.807, 2.05) is 6.08 Å². The molecule has 0 aliphatic carbocycles. The maximum absolute atomic E-state index is 12.7. The first-order chi connectivity index (χ1) is 30.0. The summed E-state index contributed by atoms with van der Waals surface area (Å²) in [5.41, 5.74) is 0. The summed E-state index contributed by atoms with van der Waals surface area (Å²) in [7, 11) is 0. The van der Waals surface area contributed by atoms with Crippen LogP contribution in [0.1, 0.15) is 252 Å². The fraction of sp³-hybridized carbons (Fsp3) is 0.764. The SMILES string of the molecule is CCCCC/C=C/C/C=C/CCCCCCCCCC(=O)OCC(COC(=O)CCCCC/C=C/CCCCCCCC)OC(=O)CC/C=C/C/C=C/CCCCCCCC. The lowest BCUT2D eigenvalue weighted by molar-refractivity contribution is -0.166. The molecule has 6 nitrogen and oxygen atoms in total. The Labute approximate surface area is 377 Å². The lowest BCUT2D eigenvalue weighted by Gasteiger charge is -2.18. The molecule has 0 aliphatic heterocycles. The number of rotatable bonds is 46. The van der Waals surface area contributed by atoms with Gasteiger partial charge in [0.2, 0.25) is 0 Å². The molecule has 0 rings (SSSR count). The van der Waals surface area contributed by atoms with Crippen molar-refractivity contribution in [2.75, 3.05) is 13.2 Å². The predicted octanol–water partition coefficient (Wildman–Crippen LogP) is 16.9. The van der Waals surface area contributed by atoms with Crippen LogP contribution in [-0.2, 0) is 28.6 Å². The van der Waals surface area contributed by atoms with Gasteiger partial charge >= 0.3 is 17.9 Å². The monoisotopic (exact) mass is 853 g/mol. The number of esters is 3. The largest absolute Gasteiger partial charge is 0.462 e. The third-order valence-corrected chi connectivity index (χ3v) is 11.0. The van der Waals surface area contributed by atoms with Gasteiger partial charge in [0.25, 0.3) is 0 Å². The molecular weight excluding hydrogens is 757 g/mol. The molecule has 1 unspecified atom stereocenters. The summed E-state index contributed by atoms with van der Waals surface area (Å²) in [6.07, 6.45) is 60.7. The zero-order valence-electron chi connectivity index (χ0n) is 40.2. The van der Waals surface area contributed by atoms with Crippen molar-refractivity contribution in [1.82, 2.24) is 0 Å². The predicted molar refractivity (Wildman–Crippen MR) is 261 cm³/mol. The van der Waals surface area contributed by atoms with Crippen LogP contribution in [0.4, 0.5) is 0 Å². The first-order valence-corrected chi connectivity index (χ1v) is 25.8. The van der Waals surface area contributed by atoms with Gasteiger partial charge in [-0.1, -0.05) is 197 Å².